The maximum Gasteiger partial charge on any atom is 0.433 e. The normalized spacial score (nSPS) is 12.2. The van der Waals surface area contributed by atoms with Crippen molar-refractivity contribution in [1.29, 1.82) is 0 Å². The van der Waals surface area contributed by atoms with Gasteiger partial charge in [-0.3, -0.25) is 0 Å². The Kier molecular flexibility index (Phi) is 3.36. The van der Waals surface area contributed by atoms with Gasteiger partial charge < -0.3 is 5.73 Å². The standard InChI is InChI=1S/C7H4F5IN2/c8-5(9)4-2(13)1-3(7(10,11)12)15-6(4)14/h1,5H,(H2,14,15). The predicted molar refractivity (Wildman–Crippen MR) is 51.3 cm³/mol. The molecule has 8 heteroatoms. The Hall–Kier alpha value is -0.670. The molecule has 0 saturated heterocycles. The van der Waals surface area contributed by atoms with E-state index in [-0.39, 0.29) is 3.57 Å². The Bertz CT molecular complexity index is 353. The number of hydrogen-bond donors (Lipinski definition) is 1. The second-order valence-corrected chi connectivity index (χ2v) is 3.75. The molecule has 0 aliphatic rings. The average molecular weight is 338 g/mol. The summed E-state index contributed by atoms with van der Waals surface area (Å²) in [5.74, 6) is -0.788. The van der Waals surface area contributed by atoms with E-state index in [2.05, 4.69) is 4.98 Å². The molecule has 0 radical (unpaired) electrons. The topological polar surface area (TPSA) is 38.9 Å². The van der Waals surface area contributed by atoms with E-state index < -0.39 is 29.7 Å². The van der Waals surface area contributed by atoms with Crippen molar-refractivity contribution in [3.05, 3.63) is 20.9 Å². The molecule has 0 saturated carbocycles. The van der Waals surface area contributed by atoms with Crippen LogP contribution in [0.15, 0.2) is 6.07 Å². The van der Waals surface area contributed by atoms with Crippen molar-refractivity contribution in [2.24, 2.45) is 0 Å². The van der Waals surface area contributed by atoms with Crippen LogP contribution in [0.3, 0.4) is 0 Å². The van der Waals surface area contributed by atoms with Crippen LogP contribution in [0.25, 0.3) is 0 Å². The minimum atomic E-state index is -4.69. The van der Waals surface area contributed by atoms with E-state index in [1.54, 1.807) is 0 Å². The van der Waals surface area contributed by atoms with Gasteiger partial charge >= 0.3 is 6.18 Å². The minimum Gasteiger partial charge on any atom is -0.383 e. The maximum atomic E-state index is 12.3. The zero-order valence-corrected chi connectivity index (χ0v) is 9.10. The first-order valence-corrected chi connectivity index (χ1v) is 4.62. The summed E-state index contributed by atoms with van der Waals surface area (Å²) in [5.41, 5.74) is 3.09. The van der Waals surface area contributed by atoms with Crippen molar-refractivity contribution in [3.63, 3.8) is 0 Å². The van der Waals surface area contributed by atoms with Crippen LogP contribution >= 0.6 is 22.6 Å². The third kappa shape index (κ3) is 2.67. The van der Waals surface area contributed by atoms with Crippen molar-refractivity contribution in [3.8, 4) is 0 Å². The van der Waals surface area contributed by atoms with E-state index in [0.29, 0.717) is 6.07 Å². The van der Waals surface area contributed by atoms with Crippen LogP contribution in [0.2, 0.25) is 0 Å². The molecule has 2 nitrogen and oxygen atoms in total. The average Bonchev–Trinajstić information content (AvgIpc) is 1.99. The lowest BCUT2D eigenvalue weighted by Crippen LogP contribution is -2.12. The molecule has 0 fully saturated rings. The molecule has 15 heavy (non-hydrogen) atoms. The number of rotatable bonds is 1. The number of halogens is 6. The SMILES string of the molecule is Nc1nc(C(F)(F)F)cc(I)c1C(F)F. The van der Waals surface area contributed by atoms with Crippen LogP contribution in [0.4, 0.5) is 27.8 Å². The van der Waals surface area contributed by atoms with Crippen LogP contribution in [-0.4, -0.2) is 4.98 Å². The smallest absolute Gasteiger partial charge is 0.383 e. The van der Waals surface area contributed by atoms with Crippen LogP contribution in [0, 0.1) is 3.57 Å². The molecule has 1 heterocycles. The van der Waals surface area contributed by atoms with Crippen molar-refractivity contribution in [1.82, 2.24) is 4.98 Å². The summed E-state index contributed by atoms with van der Waals surface area (Å²) in [6.45, 7) is 0. The zero-order chi connectivity index (χ0) is 11.8. The summed E-state index contributed by atoms with van der Waals surface area (Å²) < 4.78 is 60.9. The maximum absolute atomic E-state index is 12.3. The molecule has 2 N–H and O–H groups in total. The van der Waals surface area contributed by atoms with E-state index >= 15 is 0 Å². The molecule has 0 aliphatic heterocycles. The zero-order valence-electron chi connectivity index (χ0n) is 6.95. The van der Waals surface area contributed by atoms with E-state index in [9.17, 15) is 22.0 Å². The largest absolute Gasteiger partial charge is 0.433 e. The van der Waals surface area contributed by atoms with Crippen LogP contribution < -0.4 is 5.73 Å². The molecule has 0 atom stereocenters. The highest BCUT2D eigenvalue weighted by molar-refractivity contribution is 14.1. The van der Waals surface area contributed by atoms with Crippen LogP contribution in [-0.2, 0) is 6.18 Å². The van der Waals surface area contributed by atoms with Gasteiger partial charge in [-0.25, -0.2) is 13.8 Å². The van der Waals surface area contributed by atoms with Crippen molar-refractivity contribution in [2.75, 3.05) is 5.73 Å². The molecule has 0 amide bonds. The summed E-state index contributed by atoms with van der Waals surface area (Å²) in [7, 11) is 0. The van der Waals surface area contributed by atoms with Gasteiger partial charge in [0.1, 0.15) is 11.5 Å². The van der Waals surface area contributed by atoms with Gasteiger partial charge in [0.25, 0.3) is 6.43 Å². The number of pyridine rings is 1. The first-order valence-electron chi connectivity index (χ1n) is 3.54. The van der Waals surface area contributed by atoms with Gasteiger partial charge in [-0.05, 0) is 28.7 Å². The van der Waals surface area contributed by atoms with Gasteiger partial charge in [-0.2, -0.15) is 13.2 Å². The summed E-state index contributed by atoms with van der Waals surface area (Å²) in [6.07, 6.45) is -7.62. The second kappa shape index (κ2) is 4.06. The van der Waals surface area contributed by atoms with E-state index in [4.69, 9.17) is 5.73 Å². The molecule has 84 valence electrons. The fourth-order valence-corrected chi connectivity index (χ4v) is 1.71. The van der Waals surface area contributed by atoms with E-state index in [1.165, 1.54) is 22.6 Å². The number of hydrogen-bond acceptors (Lipinski definition) is 2. The highest BCUT2D eigenvalue weighted by atomic mass is 127. The Labute approximate surface area is 94.8 Å². The number of nitrogens with two attached hydrogens (primary N) is 1. The number of nitrogen functional groups attached to an aromatic ring is 1. The molecule has 1 aromatic rings. The Morgan fingerprint density at radius 3 is 2.20 bits per heavy atom. The third-order valence-corrected chi connectivity index (χ3v) is 2.44. The van der Waals surface area contributed by atoms with E-state index in [1.807, 2.05) is 0 Å². The van der Waals surface area contributed by atoms with Crippen LogP contribution in [0.1, 0.15) is 17.7 Å². The summed E-state index contributed by atoms with van der Waals surface area (Å²) >= 11 is 1.37. The van der Waals surface area contributed by atoms with Gasteiger partial charge in [-0.15, -0.1) is 0 Å². The number of alkyl halides is 5. The third-order valence-electron chi connectivity index (χ3n) is 1.55. The van der Waals surface area contributed by atoms with Gasteiger partial charge in [0.05, 0.1) is 5.56 Å². The quantitative estimate of drug-likeness (QED) is 0.631. The molecular formula is C7H4F5IN2. The monoisotopic (exact) mass is 338 g/mol. The molecule has 1 aromatic heterocycles. The lowest BCUT2D eigenvalue weighted by atomic mass is 10.2. The van der Waals surface area contributed by atoms with Gasteiger partial charge in [0, 0.05) is 3.57 Å². The van der Waals surface area contributed by atoms with Gasteiger partial charge in [0.2, 0.25) is 0 Å². The van der Waals surface area contributed by atoms with Crippen molar-refractivity contribution < 1.29 is 22.0 Å². The van der Waals surface area contributed by atoms with Crippen molar-refractivity contribution >= 4 is 28.4 Å². The fourth-order valence-electron chi connectivity index (χ4n) is 0.904. The molecule has 0 bridgehead atoms. The summed E-state index contributed by atoms with van der Waals surface area (Å²) in [4.78, 5) is 2.89. The molecular weight excluding hydrogens is 334 g/mol. The summed E-state index contributed by atoms with van der Waals surface area (Å²) in [5, 5.41) is 0. The highest BCUT2D eigenvalue weighted by Crippen LogP contribution is 2.34. The van der Waals surface area contributed by atoms with Gasteiger partial charge in [0.15, 0.2) is 0 Å². The molecule has 0 unspecified atom stereocenters. The number of nitrogens with zero attached hydrogens (tertiary/aromatic N) is 1. The molecule has 1 rings (SSSR count). The first-order chi connectivity index (χ1) is 6.73. The van der Waals surface area contributed by atoms with Crippen molar-refractivity contribution in [2.45, 2.75) is 12.6 Å². The molecule has 0 spiro atoms. The first kappa shape index (κ1) is 12.4. The number of aromatic nitrogens is 1. The second-order valence-electron chi connectivity index (χ2n) is 2.59. The van der Waals surface area contributed by atoms with Gasteiger partial charge in [-0.1, -0.05) is 0 Å². The number of anilines is 1. The summed E-state index contributed by atoms with van der Waals surface area (Å²) in [6, 6.07) is 0.540. The van der Waals surface area contributed by atoms with E-state index in [0.717, 1.165) is 0 Å². The Morgan fingerprint density at radius 2 is 1.87 bits per heavy atom. The van der Waals surface area contributed by atoms with Crippen LogP contribution in [0.5, 0.6) is 0 Å². The predicted octanol–water partition coefficient (Wildman–Crippen LogP) is 3.22. The Morgan fingerprint density at radius 1 is 1.33 bits per heavy atom. The lowest BCUT2D eigenvalue weighted by molar-refractivity contribution is -0.141. The minimum absolute atomic E-state index is 0.248. The fraction of sp³-hybridized carbons (Fsp3) is 0.286. The molecule has 0 aliphatic carbocycles. The lowest BCUT2D eigenvalue weighted by Gasteiger charge is -2.11. The Balaban J connectivity index is 3.32. The highest BCUT2D eigenvalue weighted by Gasteiger charge is 2.34. The molecule has 0 aromatic carbocycles.